The van der Waals surface area contributed by atoms with Gasteiger partial charge in [0, 0.05) is 17.0 Å². The highest BCUT2D eigenvalue weighted by molar-refractivity contribution is 6.30. The summed E-state index contributed by atoms with van der Waals surface area (Å²) in [4.78, 5) is 4.34. The summed E-state index contributed by atoms with van der Waals surface area (Å²) >= 11 is 6.01. The van der Waals surface area contributed by atoms with Gasteiger partial charge < -0.3 is 14.4 Å². The Morgan fingerprint density at radius 3 is 2.90 bits per heavy atom. The first-order valence-corrected chi connectivity index (χ1v) is 7.32. The number of benzene rings is 1. The van der Waals surface area contributed by atoms with Crippen LogP contribution in [0.25, 0.3) is 0 Å². The minimum atomic E-state index is -0.655. The van der Waals surface area contributed by atoms with Gasteiger partial charge in [0.25, 0.3) is 0 Å². The van der Waals surface area contributed by atoms with Gasteiger partial charge in [-0.1, -0.05) is 16.8 Å². The lowest BCUT2D eigenvalue weighted by molar-refractivity contribution is -0.0378. The van der Waals surface area contributed by atoms with Gasteiger partial charge in [0.15, 0.2) is 5.82 Å². The van der Waals surface area contributed by atoms with E-state index in [0.29, 0.717) is 29.6 Å². The van der Waals surface area contributed by atoms with Crippen LogP contribution >= 0.6 is 11.6 Å². The maximum atomic E-state index is 10.1. The van der Waals surface area contributed by atoms with Crippen LogP contribution < -0.4 is 4.74 Å². The summed E-state index contributed by atoms with van der Waals surface area (Å²) in [6.07, 6.45) is 3.55. The molecule has 0 aliphatic heterocycles. The Morgan fingerprint density at radius 2 is 2.24 bits per heavy atom. The highest BCUT2D eigenvalue weighted by atomic mass is 35.5. The smallest absolute Gasteiger partial charge is 0.229 e. The van der Waals surface area contributed by atoms with E-state index in [0.717, 1.165) is 30.6 Å². The zero-order valence-electron chi connectivity index (χ0n) is 11.8. The lowest BCUT2D eigenvalue weighted by Crippen LogP contribution is -2.39. The summed E-state index contributed by atoms with van der Waals surface area (Å²) in [6, 6.07) is 5.42. The molecule has 3 rings (SSSR count). The first-order chi connectivity index (χ1) is 10.1. The molecule has 0 bridgehead atoms. The molecule has 1 aromatic heterocycles. The van der Waals surface area contributed by atoms with E-state index in [2.05, 4.69) is 10.1 Å². The van der Waals surface area contributed by atoms with E-state index in [-0.39, 0.29) is 0 Å². The number of hydrogen-bond donors (Lipinski definition) is 1. The lowest BCUT2D eigenvalue weighted by Gasteiger charge is -2.35. The van der Waals surface area contributed by atoms with Crippen LogP contribution in [0.4, 0.5) is 0 Å². The molecule has 0 atom stereocenters. The van der Waals surface area contributed by atoms with Gasteiger partial charge in [0.2, 0.25) is 5.89 Å². The van der Waals surface area contributed by atoms with Crippen LogP contribution in [0.15, 0.2) is 22.7 Å². The Bertz CT molecular complexity index is 638. The third-order valence-corrected chi connectivity index (χ3v) is 4.10. The summed E-state index contributed by atoms with van der Waals surface area (Å²) in [5.74, 6) is 1.78. The summed E-state index contributed by atoms with van der Waals surface area (Å²) in [5, 5.41) is 14.7. The monoisotopic (exact) mass is 308 g/mol. The number of methoxy groups -OCH3 is 1. The van der Waals surface area contributed by atoms with E-state index < -0.39 is 5.60 Å². The first kappa shape index (κ1) is 14.4. The van der Waals surface area contributed by atoms with Gasteiger partial charge in [0.05, 0.1) is 19.1 Å². The Balaban J connectivity index is 1.73. The molecule has 0 radical (unpaired) electrons. The minimum Gasteiger partial charge on any atom is -0.496 e. The topological polar surface area (TPSA) is 68.4 Å². The Kier molecular flexibility index (Phi) is 3.87. The van der Waals surface area contributed by atoms with Gasteiger partial charge in [-0.15, -0.1) is 0 Å². The van der Waals surface area contributed by atoms with Crippen LogP contribution in [0, 0.1) is 0 Å². The number of nitrogens with zero attached hydrogens (tertiary/aromatic N) is 2. The Labute approximate surface area is 127 Å². The van der Waals surface area contributed by atoms with Gasteiger partial charge in [-0.25, -0.2) is 0 Å². The van der Waals surface area contributed by atoms with Gasteiger partial charge in [-0.3, -0.25) is 0 Å². The van der Waals surface area contributed by atoms with E-state index in [9.17, 15) is 5.11 Å². The van der Waals surface area contributed by atoms with E-state index in [1.54, 1.807) is 13.2 Å². The van der Waals surface area contributed by atoms with Crippen molar-refractivity contribution in [1.82, 2.24) is 10.1 Å². The normalized spacial score (nSPS) is 16.5. The van der Waals surface area contributed by atoms with Crippen LogP contribution in [0.5, 0.6) is 5.75 Å². The standard InChI is InChI=1S/C15H17ClN2O3/c1-20-12-4-3-11(16)7-10(12)8-13-17-14(21-18-13)9-15(19)5-2-6-15/h3-4,7,19H,2,5-6,8-9H2,1H3. The van der Waals surface area contributed by atoms with Crippen LogP contribution in [0.1, 0.15) is 36.5 Å². The zero-order valence-corrected chi connectivity index (χ0v) is 12.6. The summed E-state index contributed by atoms with van der Waals surface area (Å²) in [7, 11) is 1.61. The second-order valence-electron chi connectivity index (χ2n) is 5.49. The fraction of sp³-hybridized carbons (Fsp3) is 0.467. The van der Waals surface area contributed by atoms with Crippen LogP contribution in [0.2, 0.25) is 5.02 Å². The molecule has 1 aliphatic carbocycles. The molecule has 0 unspecified atom stereocenters. The minimum absolute atomic E-state index is 0.423. The van der Waals surface area contributed by atoms with Crippen molar-refractivity contribution >= 4 is 11.6 Å². The number of hydrogen-bond acceptors (Lipinski definition) is 5. The molecule has 0 spiro atoms. The van der Waals surface area contributed by atoms with Crippen LogP contribution in [-0.4, -0.2) is 28.0 Å². The van der Waals surface area contributed by atoms with Crippen molar-refractivity contribution in [3.05, 3.63) is 40.5 Å². The quantitative estimate of drug-likeness (QED) is 0.920. The summed E-state index contributed by atoms with van der Waals surface area (Å²) < 4.78 is 10.5. The van der Waals surface area contributed by atoms with Crippen molar-refractivity contribution in [3.8, 4) is 5.75 Å². The third-order valence-electron chi connectivity index (χ3n) is 3.87. The van der Waals surface area contributed by atoms with Crippen molar-refractivity contribution in [1.29, 1.82) is 0 Å². The van der Waals surface area contributed by atoms with Crippen LogP contribution in [0.3, 0.4) is 0 Å². The molecule has 1 fully saturated rings. The number of rotatable bonds is 5. The fourth-order valence-electron chi connectivity index (χ4n) is 2.53. The molecular formula is C15H17ClN2O3. The van der Waals surface area contributed by atoms with Crippen LogP contribution in [-0.2, 0) is 12.8 Å². The maximum Gasteiger partial charge on any atom is 0.229 e. The van der Waals surface area contributed by atoms with E-state index in [4.69, 9.17) is 20.9 Å². The Hall–Kier alpha value is -1.59. The lowest BCUT2D eigenvalue weighted by atomic mass is 9.78. The molecule has 1 aliphatic rings. The van der Waals surface area contributed by atoms with Gasteiger partial charge in [-0.05, 0) is 37.5 Å². The second kappa shape index (κ2) is 5.66. The number of aromatic nitrogens is 2. The van der Waals surface area contributed by atoms with Crippen molar-refractivity contribution in [2.24, 2.45) is 0 Å². The average Bonchev–Trinajstić information content (AvgIpc) is 2.84. The molecule has 1 heterocycles. The molecule has 2 aromatic rings. The molecule has 0 amide bonds. The number of halogens is 1. The van der Waals surface area contributed by atoms with Crippen molar-refractivity contribution in [3.63, 3.8) is 0 Å². The van der Waals surface area contributed by atoms with Gasteiger partial charge in [-0.2, -0.15) is 4.98 Å². The van der Waals surface area contributed by atoms with Crippen molar-refractivity contribution < 1.29 is 14.4 Å². The molecule has 5 nitrogen and oxygen atoms in total. The molecule has 112 valence electrons. The predicted molar refractivity (Wildman–Crippen MR) is 77.6 cm³/mol. The number of aliphatic hydroxyl groups is 1. The fourth-order valence-corrected chi connectivity index (χ4v) is 2.73. The van der Waals surface area contributed by atoms with E-state index in [1.165, 1.54) is 0 Å². The third kappa shape index (κ3) is 3.19. The highest BCUT2D eigenvalue weighted by Gasteiger charge is 2.36. The molecule has 0 saturated heterocycles. The molecule has 1 aromatic carbocycles. The van der Waals surface area contributed by atoms with Crippen molar-refractivity contribution in [2.45, 2.75) is 37.7 Å². The molecule has 21 heavy (non-hydrogen) atoms. The molecule has 1 N–H and O–H groups in total. The average molecular weight is 309 g/mol. The zero-order chi connectivity index (χ0) is 14.9. The van der Waals surface area contributed by atoms with Gasteiger partial charge in [0.1, 0.15) is 5.75 Å². The van der Waals surface area contributed by atoms with E-state index in [1.807, 2.05) is 12.1 Å². The maximum absolute atomic E-state index is 10.1. The molecule has 1 saturated carbocycles. The predicted octanol–water partition coefficient (Wildman–Crippen LogP) is 2.78. The number of ether oxygens (including phenoxy) is 1. The first-order valence-electron chi connectivity index (χ1n) is 6.94. The second-order valence-corrected chi connectivity index (χ2v) is 5.93. The van der Waals surface area contributed by atoms with Crippen molar-refractivity contribution in [2.75, 3.05) is 7.11 Å². The largest absolute Gasteiger partial charge is 0.496 e. The summed E-state index contributed by atoms with van der Waals surface area (Å²) in [6.45, 7) is 0. The summed E-state index contributed by atoms with van der Waals surface area (Å²) in [5.41, 5.74) is 0.247. The molecular weight excluding hydrogens is 292 g/mol. The highest BCUT2D eigenvalue weighted by Crippen LogP contribution is 2.34. The Morgan fingerprint density at radius 1 is 1.43 bits per heavy atom. The SMILES string of the molecule is COc1ccc(Cl)cc1Cc1noc(CC2(O)CCC2)n1. The van der Waals surface area contributed by atoms with Gasteiger partial charge >= 0.3 is 0 Å². The molecule has 6 heteroatoms. The van der Waals surface area contributed by atoms with E-state index >= 15 is 0 Å².